The zero-order valence-corrected chi connectivity index (χ0v) is 16.0. The zero-order chi connectivity index (χ0) is 18.6. The predicted octanol–water partition coefficient (Wildman–Crippen LogP) is 4.05. The molecule has 1 N–H and O–H groups in total. The molecule has 0 aromatic carbocycles. The van der Waals surface area contributed by atoms with Gasteiger partial charge in [-0.3, -0.25) is 9.48 Å². The van der Waals surface area contributed by atoms with Gasteiger partial charge in [-0.2, -0.15) is 5.10 Å². The number of carbonyl (C=O) groups excluding carboxylic acids is 1. The van der Waals surface area contributed by atoms with Crippen molar-refractivity contribution in [2.24, 2.45) is 5.92 Å². The van der Waals surface area contributed by atoms with E-state index in [-0.39, 0.29) is 11.8 Å². The summed E-state index contributed by atoms with van der Waals surface area (Å²) in [4.78, 5) is 13.4. The minimum atomic E-state index is 0.0946. The standard InChI is InChI=1S/C20H22N4O2S/c1-14-12-17(26-23-14)16-13-22-24(19(16)18-8-5-11-27-18)10-9-21-20(25)15-6-3-2-4-7-15/h2-3,5,8,11-13,15H,4,6-7,9-10H2,1H3,(H,21,25)/t15-/m0/s1. The van der Waals surface area contributed by atoms with Crippen LogP contribution in [-0.2, 0) is 11.3 Å². The van der Waals surface area contributed by atoms with E-state index in [1.807, 2.05) is 35.3 Å². The minimum Gasteiger partial charge on any atom is -0.356 e. The summed E-state index contributed by atoms with van der Waals surface area (Å²) >= 11 is 1.66. The van der Waals surface area contributed by atoms with Crippen LogP contribution in [0.5, 0.6) is 0 Å². The molecule has 3 heterocycles. The fraction of sp³-hybridized carbons (Fsp3) is 0.350. The minimum absolute atomic E-state index is 0.0946. The highest BCUT2D eigenvalue weighted by molar-refractivity contribution is 7.13. The van der Waals surface area contributed by atoms with E-state index in [1.165, 1.54) is 0 Å². The lowest BCUT2D eigenvalue weighted by atomic mass is 9.94. The molecule has 3 aromatic rings. The number of allylic oxidation sites excluding steroid dienone is 2. The van der Waals surface area contributed by atoms with Crippen LogP contribution >= 0.6 is 11.3 Å². The van der Waals surface area contributed by atoms with Crippen LogP contribution in [0.4, 0.5) is 0 Å². The summed E-state index contributed by atoms with van der Waals surface area (Å²) in [6, 6.07) is 6.00. The van der Waals surface area contributed by atoms with Crippen molar-refractivity contribution in [3.63, 3.8) is 0 Å². The maximum atomic E-state index is 12.3. The monoisotopic (exact) mass is 382 g/mol. The van der Waals surface area contributed by atoms with Gasteiger partial charge in [-0.15, -0.1) is 11.3 Å². The summed E-state index contributed by atoms with van der Waals surface area (Å²) in [5.41, 5.74) is 2.75. The van der Waals surface area contributed by atoms with Crippen LogP contribution in [0.25, 0.3) is 21.9 Å². The van der Waals surface area contributed by atoms with Gasteiger partial charge in [0.25, 0.3) is 0 Å². The lowest BCUT2D eigenvalue weighted by Crippen LogP contribution is -2.33. The number of hydrogen-bond donors (Lipinski definition) is 1. The van der Waals surface area contributed by atoms with Crippen molar-refractivity contribution < 1.29 is 9.32 Å². The largest absolute Gasteiger partial charge is 0.356 e. The van der Waals surface area contributed by atoms with E-state index in [2.05, 4.69) is 33.8 Å². The van der Waals surface area contributed by atoms with Gasteiger partial charge < -0.3 is 9.84 Å². The number of thiophene rings is 1. The molecule has 6 nitrogen and oxygen atoms in total. The topological polar surface area (TPSA) is 73.0 Å². The Hall–Kier alpha value is -2.67. The van der Waals surface area contributed by atoms with Crippen molar-refractivity contribution in [3.8, 4) is 21.9 Å². The van der Waals surface area contributed by atoms with Gasteiger partial charge in [-0.25, -0.2) is 0 Å². The van der Waals surface area contributed by atoms with Crippen molar-refractivity contribution in [2.45, 2.75) is 32.7 Å². The van der Waals surface area contributed by atoms with E-state index < -0.39 is 0 Å². The average Bonchev–Trinajstić information content (AvgIpc) is 3.42. The first-order chi connectivity index (χ1) is 13.2. The zero-order valence-electron chi connectivity index (χ0n) is 15.2. The maximum Gasteiger partial charge on any atom is 0.223 e. The van der Waals surface area contributed by atoms with Gasteiger partial charge >= 0.3 is 0 Å². The Bertz CT molecular complexity index is 939. The molecule has 0 radical (unpaired) electrons. The third-order valence-corrected chi connectivity index (χ3v) is 5.63. The number of carbonyl (C=O) groups is 1. The fourth-order valence-corrected chi connectivity index (χ4v) is 4.15. The molecule has 3 aromatic heterocycles. The molecule has 1 aliphatic carbocycles. The van der Waals surface area contributed by atoms with Crippen molar-refractivity contribution >= 4 is 17.2 Å². The van der Waals surface area contributed by atoms with Gasteiger partial charge in [0, 0.05) is 18.5 Å². The van der Waals surface area contributed by atoms with Crippen LogP contribution in [0, 0.1) is 12.8 Å². The number of aromatic nitrogens is 3. The molecule has 0 saturated carbocycles. The van der Waals surface area contributed by atoms with Crippen molar-refractivity contribution in [3.05, 3.63) is 47.6 Å². The summed E-state index contributed by atoms with van der Waals surface area (Å²) in [5.74, 6) is 0.938. The van der Waals surface area contributed by atoms with Gasteiger partial charge in [0.15, 0.2) is 5.76 Å². The van der Waals surface area contributed by atoms with E-state index in [9.17, 15) is 4.79 Å². The second-order valence-electron chi connectivity index (χ2n) is 6.71. The molecular formula is C20H22N4O2S. The first-order valence-corrected chi connectivity index (χ1v) is 10.1. The fourth-order valence-electron chi connectivity index (χ4n) is 3.36. The highest BCUT2D eigenvalue weighted by Crippen LogP contribution is 2.34. The highest BCUT2D eigenvalue weighted by atomic mass is 32.1. The number of hydrogen-bond acceptors (Lipinski definition) is 5. The van der Waals surface area contributed by atoms with E-state index in [4.69, 9.17) is 4.52 Å². The number of amides is 1. The lowest BCUT2D eigenvalue weighted by Gasteiger charge is -2.17. The average molecular weight is 382 g/mol. The smallest absolute Gasteiger partial charge is 0.223 e. The highest BCUT2D eigenvalue weighted by Gasteiger charge is 2.20. The molecule has 0 bridgehead atoms. The first-order valence-electron chi connectivity index (χ1n) is 9.18. The Labute approximate surface area is 161 Å². The Balaban J connectivity index is 1.50. The summed E-state index contributed by atoms with van der Waals surface area (Å²) in [6.07, 6.45) is 8.81. The van der Waals surface area contributed by atoms with Crippen LogP contribution in [-0.4, -0.2) is 27.4 Å². The van der Waals surface area contributed by atoms with Crippen molar-refractivity contribution in [2.75, 3.05) is 6.54 Å². The predicted molar refractivity (Wildman–Crippen MR) is 105 cm³/mol. The van der Waals surface area contributed by atoms with Crippen molar-refractivity contribution in [1.29, 1.82) is 0 Å². The third kappa shape index (κ3) is 3.88. The normalized spacial score (nSPS) is 16.6. The molecule has 7 heteroatoms. The molecule has 1 atom stereocenters. The van der Waals surface area contributed by atoms with Gasteiger partial charge in [0.2, 0.25) is 5.91 Å². The van der Waals surface area contributed by atoms with Crippen LogP contribution < -0.4 is 5.32 Å². The van der Waals surface area contributed by atoms with Crippen LogP contribution in [0.3, 0.4) is 0 Å². The Morgan fingerprint density at radius 1 is 1.44 bits per heavy atom. The molecule has 140 valence electrons. The summed E-state index contributed by atoms with van der Waals surface area (Å²) < 4.78 is 7.38. The number of nitrogens with zero attached hydrogens (tertiary/aromatic N) is 3. The summed E-state index contributed by atoms with van der Waals surface area (Å²) in [6.45, 7) is 3.06. The van der Waals surface area contributed by atoms with Gasteiger partial charge in [0.1, 0.15) is 0 Å². The van der Waals surface area contributed by atoms with Crippen LogP contribution in [0.2, 0.25) is 0 Å². The van der Waals surface area contributed by atoms with Crippen molar-refractivity contribution in [1.82, 2.24) is 20.3 Å². The van der Waals surface area contributed by atoms with E-state index >= 15 is 0 Å². The third-order valence-electron chi connectivity index (χ3n) is 4.75. The quantitative estimate of drug-likeness (QED) is 0.653. The molecular weight excluding hydrogens is 360 g/mol. The molecule has 1 amide bonds. The van der Waals surface area contributed by atoms with E-state index in [0.29, 0.717) is 18.8 Å². The van der Waals surface area contributed by atoms with Crippen LogP contribution in [0.1, 0.15) is 25.0 Å². The van der Waals surface area contributed by atoms with Crippen LogP contribution in [0.15, 0.2) is 46.5 Å². The summed E-state index contributed by atoms with van der Waals surface area (Å²) in [5, 5.41) is 13.6. The second-order valence-corrected chi connectivity index (χ2v) is 7.66. The number of aryl methyl sites for hydroxylation is 1. The molecule has 0 spiro atoms. The Kier molecular flexibility index (Phi) is 5.20. The van der Waals surface area contributed by atoms with Gasteiger partial charge in [-0.05, 0) is 37.6 Å². The molecule has 1 aliphatic rings. The van der Waals surface area contributed by atoms with E-state index in [1.54, 1.807) is 11.3 Å². The molecule has 0 fully saturated rings. The Morgan fingerprint density at radius 2 is 2.37 bits per heavy atom. The second kappa shape index (κ2) is 7.92. The first kappa shape index (κ1) is 17.7. The molecule has 0 aliphatic heterocycles. The molecule has 0 unspecified atom stereocenters. The Morgan fingerprint density at radius 3 is 3.07 bits per heavy atom. The SMILES string of the molecule is Cc1cc(-c2cnn(CCNC(=O)[C@H]3CC=CCC3)c2-c2cccs2)on1. The van der Waals surface area contributed by atoms with Gasteiger partial charge in [0.05, 0.1) is 34.6 Å². The maximum absolute atomic E-state index is 12.3. The lowest BCUT2D eigenvalue weighted by molar-refractivity contribution is -0.125. The van der Waals surface area contributed by atoms with E-state index in [0.717, 1.165) is 41.1 Å². The van der Waals surface area contributed by atoms with Gasteiger partial charge in [-0.1, -0.05) is 23.4 Å². The number of rotatable bonds is 6. The molecule has 0 saturated heterocycles. The number of nitrogens with one attached hydrogen (secondary N) is 1. The molecule has 4 rings (SSSR count). The molecule has 27 heavy (non-hydrogen) atoms. The summed E-state index contributed by atoms with van der Waals surface area (Å²) in [7, 11) is 0.